The van der Waals surface area contributed by atoms with Crippen LogP contribution < -0.4 is 10.5 Å². The van der Waals surface area contributed by atoms with E-state index >= 15 is 0 Å². The monoisotopic (exact) mass is 396 g/mol. The highest BCUT2D eigenvalue weighted by atomic mass is 32.2. The summed E-state index contributed by atoms with van der Waals surface area (Å²) in [5.74, 6) is -0.988. The Bertz CT molecular complexity index is 917. The van der Waals surface area contributed by atoms with Crippen LogP contribution in [0.15, 0.2) is 35.2 Å². The Morgan fingerprint density at radius 1 is 1.23 bits per heavy atom. The maximum atomic E-state index is 12.0. The number of amides is 1. The average Bonchev–Trinajstić information content (AvgIpc) is 2.90. The van der Waals surface area contributed by atoms with E-state index in [0.29, 0.717) is 11.1 Å². The molecule has 0 saturated heterocycles. The van der Waals surface area contributed by atoms with Crippen molar-refractivity contribution in [1.82, 2.24) is 5.32 Å². The molecule has 1 atom stereocenters. The van der Waals surface area contributed by atoms with Gasteiger partial charge in [0.1, 0.15) is 0 Å². The highest BCUT2D eigenvalue weighted by Gasteiger charge is 2.16. The van der Waals surface area contributed by atoms with Crippen molar-refractivity contribution in [2.75, 3.05) is 6.61 Å². The first kappa shape index (κ1) is 20.1. The molecule has 0 bridgehead atoms. The number of aryl methyl sites for hydroxylation is 2. The first-order valence-corrected chi connectivity index (χ1v) is 10.1. The fraction of sp³-hybridized carbons (Fsp3) is 0.294. The molecule has 0 aliphatic carbocycles. The Labute approximate surface area is 156 Å². The van der Waals surface area contributed by atoms with Crippen LogP contribution in [0, 0.1) is 13.8 Å². The molecule has 0 aliphatic rings. The number of thiophene rings is 1. The van der Waals surface area contributed by atoms with Crippen LogP contribution >= 0.6 is 11.3 Å². The number of nitrogens with one attached hydrogen (secondary N) is 1. The SMILES string of the molecule is Cc1cc(C(=O)OCC(=O)N[C@H](C)c2ccc(S(N)(=O)=O)cc2)c(C)s1. The Morgan fingerprint density at radius 2 is 1.85 bits per heavy atom. The van der Waals surface area contributed by atoms with Crippen molar-refractivity contribution in [3.8, 4) is 0 Å². The molecule has 1 aromatic carbocycles. The van der Waals surface area contributed by atoms with E-state index in [1.807, 2.05) is 13.8 Å². The standard InChI is InChI=1S/C17H20N2O5S2/c1-10-8-15(12(3)25-10)17(21)24-9-16(20)19-11(2)13-4-6-14(7-5-13)26(18,22)23/h4-8,11H,9H2,1-3H3,(H,19,20)(H2,18,22,23)/t11-/m1/s1. The molecule has 3 N–H and O–H groups in total. The minimum atomic E-state index is -3.76. The fourth-order valence-electron chi connectivity index (χ4n) is 2.35. The normalized spacial score (nSPS) is 12.5. The van der Waals surface area contributed by atoms with Crippen LogP contribution in [0.2, 0.25) is 0 Å². The van der Waals surface area contributed by atoms with Gasteiger partial charge in [0.25, 0.3) is 5.91 Å². The van der Waals surface area contributed by atoms with Crippen LogP contribution in [0.1, 0.15) is 38.6 Å². The van der Waals surface area contributed by atoms with Crippen molar-refractivity contribution >= 4 is 33.2 Å². The van der Waals surface area contributed by atoms with E-state index in [1.54, 1.807) is 25.1 Å². The minimum absolute atomic E-state index is 0.00451. The molecule has 140 valence electrons. The Kier molecular flexibility index (Phi) is 6.17. The molecule has 7 nitrogen and oxygen atoms in total. The van der Waals surface area contributed by atoms with Crippen molar-refractivity contribution in [1.29, 1.82) is 0 Å². The zero-order valence-corrected chi connectivity index (χ0v) is 16.2. The maximum absolute atomic E-state index is 12.0. The van der Waals surface area contributed by atoms with Gasteiger partial charge >= 0.3 is 5.97 Å². The third-order valence-corrected chi connectivity index (χ3v) is 5.58. The van der Waals surface area contributed by atoms with E-state index in [9.17, 15) is 18.0 Å². The molecule has 0 saturated carbocycles. The highest BCUT2D eigenvalue weighted by molar-refractivity contribution is 7.89. The lowest BCUT2D eigenvalue weighted by molar-refractivity contribution is -0.124. The minimum Gasteiger partial charge on any atom is -0.452 e. The number of rotatable bonds is 6. The summed E-state index contributed by atoms with van der Waals surface area (Å²) in [6.07, 6.45) is 0. The van der Waals surface area contributed by atoms with Gasteiger partial charge in [-0.3, -0.25) is 4.79 Å². The number of ether oxygens (including phenoxy) is 1. The fourth-order valence-corrected chi connectivity index (χ4v) is 3.78. The van der Waals surface area contributed by atoms with Gasteiger partial charge in [-0.05, 0) is 44.5 Å². The first-order chi connectivity index (χ1) is 12.1. The van der Waals surface area contributed by atoms with Gasteiger partial charge in [-0.15, -0.1) is 11.3 Å². The number of hydrogen-bond donors (Lipinski definition) is 2. The van der Waals surface area contributed by atoms with E-state index < -0.39 is 28.5 Å². The Hall–Kier alpha value is -2.23. The quantitative estimate of drug-likeness (QED) is 0.725. The molecule has 1 amide bonds. The summed E-state index contributed by atoms with van der Waals surface area (Å²) in [4.78, 5) is 25.8. The number of hydrogen-bond acceptors (Lipinski definition) is 6. The van der Waals surface area contributed by atoms with Gasteiger partial charge in [0, 0.05) is 9.75 Å². The molecule has 1 aromatic heterocycles. The van der Waals surface area contributed by atoms with Crippen LogP contribution in [0.5, 0.6) is 0 Å². The predicted molar refractivity (Wildman–Crippen MR) is 98.4 cm³/mol. The molecule has 0 fully saturated rings. The van der Waals surface area contributed by atoms with E-state index in [1.165, 1.54) is 23.5 Å². The lowest BCUT2D eigenvalue weighted by atomic mass is 10.1. The molecule has 0 aliphatic heterocycles. The average molecular weight is 396 g/mol. The lowest BCUT2D eigenvalue weighted by Gasteiger charge is -2.14. The topological polar surface area (TPSA) is 116 Å². The molecule has 26 heavy (non-hydrogen) atoms. The summed E-state index contributed by atoms with van der Waals surface area (Å²) in [6.45, 7) is 5.05. The number of benzene rings is 1. The molecular weight excluding hydrogens is 376 g/mol. The first-order valence-electron chi connectivity index (χ1n) is 7.74. The lowest BCUT2D eigenvalue weighted by Crippen LogP contribution is -2.31. The number of sulfonamides is 1. The third-order valence-electron chi connectivity index (χ3n) is 3.68. The van der Waals surface area contributed by atoms with Crippen molar-refractivity contribution in [2.45, 2.75) is 31.7 Å². The van der Waals surface area contributed by atoms with Gasteiger partial charge in [0.05, 0.1) is 16.5 Å². The van der Waals surface area contributed by atoms with Crippen LogP contribution in [0.3, 0.4) is 0 Å². The zero-order valence-electron chi connectivity index (χ0n) is 14.6. The van der Waals surface area contributed by atoms with E-state index in [0.717, 1.165) is 9.75 Å². The summed E-state index contributed by atoms with van der Waals surface area (Å²) < 4.78 is 27.5. The summed E-state index contributed by atoms with van der Waals surface area (Å²) >= 11 is 1.49. The van der Waals surface area contributed by atoms with Crippen LogP contribution in [-0.2, 0) is 19.6 Å². The maximum Gasteiger partial charge on any atom is 0.339 e. The summed E-state index contributed by atoms with van der Waals surface area (Å²) in [5.41, 5.74) is 1.16. The molecule has 2 aromatic rings. The molecule has 2 rings (SSSR count). The van der Waals surface area contributed by atoms with Gasteiger partial charge < -0.3 is 10.1 Å². The molecular formula is C17H20N2O5S2. The van der Waals surface area contributed by atoms with Crippen LogP contribution in [0.25, 0.3) is 0 Å². The van der Waals surface area contributed by atoms with Gasteiger partial charge in [-0.25, -0.2) is 18.4 Å². The second-order valence-corrected chi connectivity index (χ2v) is 8.83. The molecule has 0 radical (unpaired) electrons. The van der Waals surface area contributed by atoms with Crippen molar-refractivity contribution < 1.29 is 22.7 Å². The summed E-state index contributed by atoms with van der Waals surface area (Å²) in [5, 5.41) is 7.73. The van der Waals surface area contributed by atoms with Crippen molar-refractivity contribution in [3.05, 3.63) is 51.2 Å². The van der Waals surface area contributed by atoms with Gasteiger partial charge in [0.15, 0.2) is 6.61 Å². The van der Waals surface area contributed by atoms with Crippen molar-refractivity contribution in [2.24, 2.45) is 5.14 Å². The number of carbonyl (C=O) groups excluding carboxylic acids is 2. The van der Waals surface area contributed by atoms with Crippen LogP contribution in [0.4, 0.5) is 0 Å². The van der Waals surface area contributed by atoms with E-state index in [2.05, 4.69) is 5.32 Å². The Balaban J connectivity index is 1.91. The molecule has 9 heteroatoms. The van der Waals surface area contributed by atoms with Gasteiger partial charge in [-0.2, -0.15) is 0 Å². The van der Waals surface area contributed by atoms with Crippen molar-refractivity contribution in [3.63, 3.8) is 0 Å². The number of nitrogens with two attached hydrogens (primary N) is 1. The summed E-state index contributed by atoms with van der Waals surface area (Å²) in [7, 11) is -3.76. The van der Waals surface area contributed by atoms with Gasteiger partial charge in [0.2, 0.25) is 10.0 Å². The van der Waals surface area contributed by atoms with Gasteiger partial charge in [-0.1, -0.05) is 12.1 Å². The molecule has 0 spiro atoms. The van der Waals surface area contributed by atoms with E-state index in [-0.39, 0.29) is 10.9 Å². The number of carbonyl (C=O) groups is 2. The zero-order chi connectivity index (χ0) is 19.5. The largest absolute Gasteiger partial charge is 0.452 e. The molecule has 0 unspecified atom stereocenters. The second kappa shape index (κ2) is 7.98. The van der Waals surface area contributed by atoms with Crippen LogP contribution in [-0.4, -0.2) is 26.9 Å². The third kappa shape index (κ3) is 5.13. The summed E-state index contributed by atoms with van der Waals surface area (Å²) in [6, 6.07) is 7.21. The van der Waals surface area contributed by atoms with E-state index in [4.69, 9.17) is 9.88 Å². The second-order valence-electron chi connectivity index (χ2n) is 5.81. The number of esters is 1. The molecule has 1 heterocycles. The smallest absolute Gasteiger partial charge is 0.339 e. The Morgan fingerprint density at radius 3 is 2.35 bits per heavy atom. The predicted octanol–water partition coefficient (Wildman–Crippen LogP) is 2.05. The number of primary sulfonamides is 1. The highest BCUT2D eigenvalue weighted by Crippen LogP contribution is 2.21.